The smallest absolute Gasteiger partial charge is 0.339 e. The molecule has 0 aliphatic heterocycles. The van der Waals surface area contributed by atoms with E-state index in [1.165, 1.54) is 6.07 Å². The van der Waals surface area contributed by atoms with E-state index in [4.69, 9.17) is 9.84 Å². The highest BCUT2D eigenvalue weighted by atomic mass is 127. The Hall–Kier alpha value is -1.70. The number of halogens is 1. The van der Waals surface area contributed by atoms with Gasteiger partial charge in [-0.25, -0.2) is 14.8 Å². The lowest BCUT2D eigenvalue weighted by molar-refractivity contribution is 0.0694. The molecule has 2 rings (SSSR count). The Labute approximate surface area is 117 Å². The number of hydrogen-bond donors (Lipinski definition) is 1. The molecule has 0 saturated carbocycles. The summed E-state index contributed by atoms with van der Waals surface area (Å²) < 4.78 is 6.22. The average molecular weight is 356 g/mol. The summed E-state index contributed by atoms with van der Waals surface area (Å²) in [4.78, 5) is 19.1. The Morgan fingerprint density at radius 3 is 2.83 bits per heavy atom. The van der Waals surface area contributed by atoms with Gasteiger partial charge in [0.2, 0.25) is 0 Å². The summed E-state index contributed by atoms with van der Waals surface area (Å²) in [5.41, 5.74) is 0.842. The largest absolute Gasteiger partial charge is 0.478 e. The minimum Gasteiger partial charge on any atom is -0.478 e. The van der Waals surface area contributed by atoms with E-state index in [0.717, 1.165) is 9.26 Å². The summed E-state index contributed by atoms with van der Waals surface area (Å²) in [6.45, 7) is 1.81. The van der Waals surface area contributed by atoms with Gasteiger partial charge in [-0.1, -0.05) is 0 Å². The first-order valence-electron chi connectivity index (χ1n) is 5.06. The van der Waals surface area contributed by atoms with E-state index in [0.29, 0.717) is 0 Å². The molecule has 0 aliphatic rings. The van der Waals surface area contributed by atoms with Crippen molar-refractivity contribution in [3.05, 3.63) is 45.3 Å². The van der Waals surface area contributed by atoms with E-state index in [-0.39, 0.29) is 17.3 Å². The van der Waals surface area contributed by atoms with E-state index in [9.17, 15) is 4.79 Å². The van der Waals surface area contributed by atoms with Gasteiger partial charge in [0.05, 0.1) is 0 Å². The van der Waals surface area contributed by atoms with Gasteiger partial charge >= 0.3 is 12.0 Å². The van der Waals surface area contributed by atoms with Crippen LogP contribution in [0.25, 0.3) is 0 Å². The molecule has 0 saturated heterocycles. The highest BCUT2D eigenvalue weighted by Crippen LogP contribution is 2.25. The molecule has 0 radical (unpaired) electrons. The van der Waals surface area contributed by atoms with Crippen LogP contribution < -0.4 is 4.74 Å². The van der Waals surface area contributed by atoms with Crippen LogP contribution in [0.15, 0.2) is 30.5 Å². The molecule has 0 unspecified atom stereocenters. The van der Waals surface area contributed by atoms with Crippen LogP contribution >= 0.6 is 22.6 Å². The normalized spacial score (nSPS) is 10.1. The van der Waals surface area contributed by atoms with Gasteiger partial charge in [0.15, 0.2) is 0 Å². The number of aromatic nitrogens is 2. The van der Waals surface area contributed by atoms with Crippen LogP contribution in [-0.4, -0.2) is 21.0 Å². The molecular weight excluding hydrogens is 347 g/mol. The third-order valence-electron chi connectivity index (χ3n) is 2.15. The number of aromatic carboxylic acids is 1. The number of ether oxygens (including phenoxy) is 1. The quantitative estimate of drug-likeness (QED) is 0.857. The second-order valence-electron chi connectivity index (χ2n) is 3.53. The molecule has 1 heterocycles. The Balaban J connectivity index is 2.37. The van der Waals surface area contributed by atoms with Crippen molar-refractivity contribution in [1.29, 1.82) is 0 Å². The molecule has 1 aromatic carbocycles. The van der Waals surface area contributed by atoms with Crippen molar-refractivity contribution in [2.24, 2.45) is 0 Å². The number of nitrogens with zero attached hydrogens (tertiary/aromatic N) is 2. The zero-order valence-corrected chi connectivity index (χ0v) is 11.6. The number of carboxylic acids is 1. The van der Waals surface area contributed by atoms with E-state index in [1.54, 1.807) is 31.3 Å². The van der Waals surface area contributed by atoms with Gasteiger partial charge in [0.1, 0.15) is 11.3 Å². The molecule has 5 nitrogen and oxygen atoms in total. The maximum absolute atomic E-state index is 11.1. The first-order valence-corrected chi connectivity index (χ1v) is 6.14. The van der Waals surface area contributed by atoms with Crippen LogP contribution in [0.2, 0.25) is 0 Å². The zero-order chi connectivity index (χ0) is 13.1. The van der Waals surface area contributed by atoms with Crippen LogP contribution in [0.5, 0.6) is 11.8 Å². The molecule has 6 heteroatoms. The van der Waals surface area contributed by atoms with Crippen molar-refractivity contribution >= 4 is 28.6 Å². The average Bonchev–Trinajstić information content (AvgIpc) is 2.31. The van der Waals surface area contributed by atoms with E-state index in [2.05, 4.69) is 9.97 Å². The summed E-state index contributed by atoms with van der Waals surface area (Å²) in [6, 6.07) is 6.76. The SMILES string of the molecule is Cc1ccnc(Oc2ccc(I)cc2C(=O)O)n1. The summed E-state index contributed by atoms with van der Waals surface area (Å²) in [6.07, 6.45) is 1.56. The summed E-state index contributed by atoms with van der Waals surface area (Å²) >= 11 is 2.04. The molecule has 1 aromatic heterocycles. The molecule has 0 atom stereocenters. The summed E-state index contributed by atoms with van der Waals surface area (Å²) in [5.74, 6) is -0.815. The molecule has 18 heavy (non-hydrogen) atoms. The van der Waals surface area contributed by atoms with Crippen molar-refractivity contribution in [1.82, 2.24) is 9.97 Å². The molecule has 0 fully saturated rings. The molecule has 2 aromatic rings. The molecule has 0 bridgehead atoms. The van der Waals surface area contributed by atoms with Crippen molar-refractivity contribution in [2.75, 3.05) is 0 Å². The second kappa shape index (κ2) is 5.30. The zero-order valence-electron chi connectivity index (χ0n) is 9.42. The van der Waals surface area contributed by atoms with Crippen molar-refractivity contribution in [3.8, 4) is 11.8 Å². The van der Waals surface area contributed by atoms with Gasteiger partial charge in [-0.2, -0.15) is 0 Å². The number of rotatable bonds is 3. The molecular formula is C12H9IN2O3. The van der Waals surface area contributed by atoms with Crippen LogP contribution in [0.3, 0.4) is 0 Å². The van der Waals surface area contributed by atoms with Gasteiger partial charge in [-0.3, -0.25) is 0 Å². The number of carbonyl (C=O) groups is 1. The van der Waals surface area contributed by atoms with E-state index in [1.807, 2.05) is 22.6 Å². The Kier molecular flexibility index (Phi) is 3.75. The fourth-order valence-corrected chi connectivity index (χ4v) is 1.82. The number of benzene rings is 1. The standard InChI is InChI=1S/C12H9IN2O3/c1-7-4-5-14-12(15-7)18-10-3-2-8(13)6-9(10)11(16)17/h2-6H,1H3,(H,16,17). The van der Waals surface area contributed by atoms with Gasteiger partial charge < -0.3 is 9.84 Å². The summed E-state index contributed by atoms with van der Waals surface area (Å²) in [7, 11) is 0. The number of hydrogen-bond acceptors (Lipinski definition) is 4. The predicted octanol–water partition coefficient (Wildman–Crippen LogP) is 2.88. The maximum Gasteiger partial charge on any atom is 0.339 e. The van der Waals surface area contributed by atoms with Crippen LogP contribution in [0.4, 0.5) is 0 Å². The number of carboxylic acid groups (broad SMARTS) is 1. The fraction of sp³-hybridized carbons (Fsp3) is 0.0833. The number of aryl methyl sites for hydroxylation is 1. The second-order valence-corrected chi connectivity index (χ2v) is 4.77. The molecule has 92 valence electrons. The Bertz CT molecular complexity index is 602. The Morgan fingerprint density at radius 1 is 1.39 bits per heavy atom. The highest BCUT2D eigenvalue weighted by Gasteiger charge is 2.13. The third kappa shape index (κ3) is 2.95. The first kappa shape index (κ1) is 12.7. The van der Waals surface area contributed by atoms with Crippen LogP contribution in [0, 0.1) is 10.5 Å². The van der Waals surface area contributed by atoms with Gasteiger partial charge in [-0.15, -0.1) is 0 Å². The molecule has 1 N–H and O–H groups in total. The maximum atomic E-state index is 11.1. The monoisotopic (exact) mass is 356 g/mol. The van der Waals surface area contributed by atoms with Gasteiger partial charge in [0.25, 0.3) is 0 Å². The van der Waals surface area contributed by atoms with Crippen molar-refractivity contribution in [2.45, 2.75) is 6.92 Å². The van der Waals surface area contributed by atoms with Crippen molar-refractivity contribution in [3.63, 3.8) is 0 Å². The van der Waals surface area contributed by atoms with Gasteiger partial charge in [0, 0.05) is 15.5 Å². The lowest BCUT2D eigenvalue weighted by atomic mass is 10.2. The predicted molar refractivity (Wildman–Crippen MR) is 73.0 cm³/mol. The first-order chi connectivity index (χ1) is 8.56. The topological polar surface area (TPSA) is 72.3 Å². The fourth-order valence-electron chi connectivity index (χ4n) is 1.33. The Morgan fingerprint density at radius 2 is 2.17 bits per heavy atom. The minimum atomic E-state index is -1.05. The minimum absolute atomic E-state index is 0.0898. The highest BCUT2D eigenvalue weighted by molar-refractivity contribution is 14.1. The lowest BCUT2D eigenvalue weighted by Crippen LogP contribution is -2.02. The molecule has 0 aliphatic carbocycles. The third-order valence-corrected chi connectivity index (χ3v) is 2.82. The molecule has 0 spiro atoms. The van der Waals surface area contributed by atoms with Gasteiger partial charge in [-0.05, 0) is 53.8 Å². The van der Waals surface area contributed by atoms with Crippen LogP contribution in [0.1, 0.15) is 16.1 Å². The molecule has 0 amide bonds. The van der Waals surface area contributed by atoms with Crippen LogP contribution in [-0.2, 0) is 0 Å². The summed E-state index contributed by atoms with van der Waals surface area (Å²) in [5, 5.41) is 9.10. The van der Waals surface area contributed by atoms with E-state index < -0.39 is 5.97 Å². The van der Waals surface area contributed by atoms with E-state index >= 15 is 0 Å². The lowest BCUT2D eigenvalue weighted by Gasteiger charge is -2.07. The van der Waals surface area contributed by atoms with Crippen molar-refractivity contribution < 1.29 is 14.6 Å².